The van der Waals surface area contributed by atoms with E-state index in [1.807, 2.05) is 0 Å². The Labute approximate surface area is 138 Å². The molecule has 0 aliphatic rings. The molecule has 2 rings (SSSR count). The lowest BCUT2D eigenvalue weighted by atomic mass is 9.95. The SMILES string of the molecule is Cc1ccc(S(=O)(=O)O)c(O)c1-c1c(C)ccc(S(=O)(=O)O)c1O. The lowest BCUT2D eigenvalue weighted by Gasteiger charge is -2.16. The van der Waals surface area contributed by atoms with Crippen molar-refractivity contribution in [2.75, 3.05) is 0 Å². The van der Waals surface area contributed by atoms with E-state index >= 15 is 0 Å². The summed E-state index contributed by atoms with van der Waals surface area (Å²) in [5.41, 5.74) is 0.271. The van der Waals surface area contributed by atoms with Gasteiger partial charge in [-0.15, -0.1) is 0 Å². The Bertz CT molecular complexity index is 951. The van der Waals surface area contributed by atoms with Crippen molar-refractivity contribution in [1.82, 2.24) is 0 Å². The van der Waals surface area contributed by atoms with Crippen LogP contribution in [0.1, 0.15) is 11.1 Å². The van der Waals surface area contributed by atoms with Gasteiger partial charge in [0.15, 0.2) is 0 Å². The van der Waals surface area contributed by atoms with E-state index in [9.17, 15) is 27.0 Å². The summed E-state index contributed by atoms with van der Waals surface area (Å²) < 4.78 is 63.7. The van der Waals surface area contributed by atoms with E-state index in [0.717, 1.165) is 12.1 Å². The summed E-state index contributed by atoms with van der Waals surface area (Å²) in [6.07, 6.45) is 0. The van der Waals surface area contributed by atoms with Gasteiger partial charge in [0.05, 0.1) is 0 Å². The second-order valence-corrected chi connectivity index (χ2v) is 7.94. The highest BCUT2D eigenvalue weighted by Crippen LogP contribution is 2.45. The number of phenols is 2. The molecule has 2 aromatic rings. The second-order valence-electron chi connectivity index (χ2n) is 5.16. The molecular weight excluding hydrogens is 360 g/mol. The van der Waals surface area contributed by atoms with Gasteiger partial charge in [-0.25, -0.2) is 0 Å². The molecule has 4 N–H and O–H groups in total. The van der Waals surface area contributed by atoms with Crippen molar-refractivity contribution in [1.29, 1.82) is 0 Å². The smallest absolute Gasteiger partial charge is 0.298 e. The van der Waals surface area contributed by atoms with Gasteiger partial charge in [0, 0.05) is 11.1 Å². The van der Waals surface area contributed by atoms with Gasteiger partial charge in [0.2, 0.25) is 0 Å². The Balaban J connectivity index is 2.98. The predicted octanol–water partition coefficient (Wildman–Crippen LogP) is 1.88. The van der Waals surface area contributed by atoms with Gasteiger partial charge >= 0.3 is 0 Å². The number of aromatic hydroxyl groups is 2. The van der Waals surface area contributed by atoms with Gasteiger partial charge in [-0.3, -0.25) is 9.11 Å². The Hall–Kier alpha value is -2.14. The Morgan fingerprint density at radius 3 is 1.21 bits per heavy atom. The number of benzene rings is 2. The molecule has 8 nitrogen and oxygen atoms in total. The van der Waals surface area contributed by atoms with Gasteiger partial charge in [-0.2, -0.15) is 16.8 Å². The van der Waals surface area contributed by atoms with Crippen molar-refractivity contribution in [3.63, 3.8) is 0 Å². The summed E-state index contributed by atoms with van der Waals surface area (Å²) >= 11 is 0. The van der Waals surface area contributed by atoms with E-state index < -0.39 is 41.5 Å². The lowest BCUT2D eigenvalue weighted by Crippen LogP contribution is -2.03. The third kappa shape index (κ3) is 3.08. The van der Waals surface area contributed by atoms with Gasteiger partial charge in [-0.1, -0.05) is 12.1 Å². The monoisotopic (exact) mass is 374 g/mol. The van der Waals surface area contributed by atoms with E-state index in [4.69, 9.17) is 9.11 Å². The van der Waals surface area contributed by atoms with Crippen LogP contribution in [0.5, 0.6) is 11.5 Å². The Kier molecular flexibility index (Phi) is 4.35. The first-order valence-corrected chi connectivity index (χ1v) is 9.34. The number of rotatable bonds is 3. The van der Waals surface area contributed by atoms with Crippen LogP contribution in [0, 0.1) is 13.8 Å². The van der Waals surface area contributed by atoms with Crippen LogP contribution in [-0.2, 0) is 20.2 Å². The molecule has 10 heteroatoms. The minimum atomic E-state index is -4.74. The maximum absolute atomic E-state index is 11.3. The van der Waals surface area contributed by atoms with Crippen molar-refractivity contribution < 1.29 is 36.2 Å². The molecule has 0 saturated carbocycles. The van der Waals surface area contributed by atoms with Crippen LogP contribution in [0.4, 0.5) is 0 Å². The normalized spacial score (nSPS) is 12.3. The fraction of sp³-hybridized carbons (Fsp3) is 0.143. The molecule has 0 aromatic heterocycles. The first-order chi connectivity index (χ1) is 10.9. The van der Waals surface area contributed by atoms with Crippen LogP contribution in [-0.4, -0.2) is 36.2 Å². The van der Waals surface area contributed by atoms with Crippen LogP contribution in [0.25, 0.3) is 11.1 Å². The van der Waals surface area contributed by atoms with E-state index in [0.29, 0.717) is 11.1 Å². The molecular formula is C14H14O8S2. The maximum atomic E-state index is 11.3. The fourth-order valence-corrected chi connectivity index (χ4v) is 3.57. The largest absolute Gasteiger partial charge is 0.506 e. The first kappa shape index (κ1) is 18.2. The average molecular weight is 374 g/mol. The number of aryl methyl sites for hydroxylation is 2. The molecule has 0 saturated heterocycles. The van der Waals surface area contributed by atoms with E-state index in [1.165, 1.54) is 26.0 Å². The minimum Gasteiger partial charge on any atom is -0.506 e. The van der Waals surface area contributed by atoms with Gasteiger partial charge in [-0.05, 0) is 37.1 Å². The van der Waals surface area contributed by atoms with Crippen LogP contribution >= 0.6 is 0 Å². The highest BCUT2D eigenvalue weighted by atomic mass is 32.2. The fourth-order valence-electron chi connectivity index (χ4n) is 2.39. The van der Waals surface area contributed by atoms with Crippen LogP contribution in [0.2, 0.25) is 0 Å². The predicted molar refractivity (Wildman–Crippen MR) is 84.3 cm³/mol. The topological polar surface area (TPSA) is 149 Å². The molecule has 0 atom stereocenters. The number of hydrogen-bond donors (Lipinski definition) is 4. The zero-order chi connectivity index (χ0) is 18.4. The third-order valence-corrected chi connectivity index (χ3v) is 5.27. The molecule has 0 unspecified atom stereocenters. The van der Waals surface area contributed by atoms with Crippen molar-refractivity contribution in [3.8, 4) is 22.6 Å². The summed E-state index contributed by atoms with van der Waals surface area (Å²) in [7, 11) is -9.49. The van der Waals surface area contributed by atoms with Gasteiger partial charge in [0.1, 0.15) is 21.3 Å². The zero-order valence-electron chi connectivity index (χ0n) is 12.5. The second kappa shape index (κ2) is 5.74. The van der Waals surface area contributed by atoms with Gasteiger partial charge < -0.3 is 10.2 Å². The van der Waals surface area contributed by atoms with Crippen molar-refractivity contribution >= 4 is 20.2 Å². The minimum absolute atomic E-state index is 0.175. The molecule has 0 aliphatic carbocycles. The van der Waals surface area contributed by atoms with Crippen molar-refractivity contribution in [2.24, 2.45) is 0 Å². The lowest BCUT2D eigenvalue weighted by molar-refractivity contribution is 0.436. The van der Waals surface area contributed by atoms with Crippen molar-refractivity contribution in [3.05, 3.63) is 35.4 Å². The summed E-state index contributed by atoms with van der Waals surface area (Å²) in [5, 5.41) is 20.5. The quantitative estimate of drug-likeness (QED) is 0.595. The highest BCUT2D eigenvalue weighted by Gasteiger charge is 2.26. The van der Waals surface area contributed by atoms with Crippen LogP contribution < -0.4 is 0 Å². The zero-order valence-corrected chi connectivity index (χ0v) is 14.2. The molecule has 0 spiro atoms. The standard InChI is InChI=1S/C14H14O8S2/c1-7-3-5-9(23(17,18)19)13(15)11(7)12-8(2)4-6-10(14(12)16)24(20,21)22/h3-6,15-16H,1-2H3,(H,17,18,19)(H,20,21,22). The Morgan fingerprint density at radius 1 is 0.667 bits per heavy atom. The molecule has 0 bridgehead atoms. The third-order valence-electron chi connectivity index (χ3n) is 3.50. The van der Waals surface area contributed by atoms with E-state index in [-0.39, 0.29) is 11.1 Å². The Morgan fingerprint density at radius 2 is 0.958 bits per heavy atom. The highest BCUT2D eigenvalue weighted by molar-refractivity contribution is 7.86. The summed E-state index contributed by atoms with van der Waals surface area (Å²) in [4.78, 5) is -1.58. The molecule has 0 aliphatic heterocycles. The van der Waals surface area contributed by atoms with Crippen molar-refractivity contribution in [2.45, 2.75) is 23.6 Å². The van der Waals surface area contributed by atoms with Gasteiger partial charge in [0.25, 0.3) is 20.2 Å². The first-order valence-electron chi connectivity index (χ1n) is 6.46. The number of hydrogen-bond acceptors (Lipinski definition) is 6. The number of phenolic OH excluding ortho intramolecular Hbond substituents is 2. The molecule has 0 fully saturated rings. The molecule has 0 heterocycles. The summed E-state index contributed by atoms with van der Waals surface area (Å²) in [6.45, 7) is 2.98. The molecule has 130 valence electrons. The molecule has 0 amide bonds. The summed E-state index contributed by atoms with van der Waals surface area (Å²) in [6, 6.07) is 4.50. The molecule has 2 aromatic carbocycles. The summed E-state index contributed by atoms with van der Waals surface area (Å²) in [5.74, 6) is -1.69. The molecule has 24 heavy (non-hydrogen) atoms. The molecule has 0 radical (unpaired) electrons. The maximum Gasteiger partial charge on any atom is 0.298 e. The average Bonchev–Trinajstić information content (AvgIpc) is 2.38. The van der Waals surface area contributed by atoms with E-state index in [2.05, 4.69) is 0 Å². The van der Waals surface area contributed by atoms with Crippen LogP contribution in [0.3, 0.4) is 0 Å². The van der Waals surface area contributed by atoms with Crippen LogP contribution in [0.15, 0.2) is 34.1 Å². The van der Waals surface area contributed by atoms with E-state index in [1.54, 1.807) is 0 Å².